The Morgan fingerprint density at radius 2 is 2.08 bits per heavy atom. The van der Waals surface area contributed by atoms with Crippen molar-refractivity contribution in [1.82, 2.24) is 15.3 Å². The number of aromatic nitrogens is 2. The molecule has 0 aliphatic heterocycles. The molecule has 6 heteroatoms. The molecule has 0 fully saturated rings. The summed E-state index contributed by atoms with van der Waals surface area (Å²) in [6, 6.07) is 14.4. The molecule has 0 aliphatic carbocycles. The Labute approximate surface area is 143 Å². The summed E-state index contributed by atoms with van der Waals surface area (Å²) in [5.41, 5.74) is 2.51. The Morgan fingerprint density at radius 3 is 2.88 bits per heavy atom. The van der Waals surface area contributed by atoms with Crippen molar-refractivity contribution < 1.29 is 9.18 Å². The van der Waals surface area contributed by atoms with Crippen LogP contribution in [0.4, 0.5) is 4.39 Å². The minimum atomic E-state index is -0.312. The summed E-state index contributed by atoms with van der Waals surface area (Å²) in [7, 11) is 0. The highest BCUT2D eigenvalue weighted by molar-refractivity contribution is 7.99. The highest BCUT2D eigenvalue weighted by atomic mass is 32.2. The molecule has 2 N–H and O–H groups in total. The van der Waals surface area contributed by atoms with E-state index in [4.69, 9.17) is 0 Å². The largest absolute Gasteiger partial charge is 0.348 e. The molecule has 4 nitrogen and oxygen atoms in total. The number of thioether (sulfide) groups is 1. The summed E-state index contributed by atoms with van der Waals surface area (Å²) < 4.78 is 13.2. The maximum atomic E-state index is 13.2. The quantitative estimate of drug-likeness (QED) is 0.718. The van der Waals surface area contributed by atoms with Gasteiger partial charge >= 0.3 is 0 Å². The van der Waals surface area contributed by atoms with Crippen LogP contribution in [0.5, 0.6) is 0 Å². The molecule has 0 spiro atoms. The SMILES string of the molecule is CC(SCc1ccccc1)C(=O)NCc1nc2ccc(F)cc2[nH]1. The minimum Gasteiger partial charge on any atom is -0.348 e. The summed E-state index contributed by atoms with van der Waals surface area (Å²) in [5.74, 6) is 1.05. The molecule has 1 heterocycles. The molecule has 0 aliphatic rings. The van der Waals surface area contributed by atoms with Crippen LogP contribution >= 0.6 is 11.8 Å². The smallest absolute Gasteiger partial charge is 0.233 e. The van der Waals surface area contributed by atoms with E-state index in [1.807, 2.05) is 37.3 Å². The third-order valence-corrected chi connectivity index (χ3v) is 4.85. The van der Waals surface area contributed by atoms with Crippen molar-refractivity contribution in [2.75, 3.05) is 0 Å². The number of H-pyrrole nitrogens is 1. The normalized spacial score (nSPS) is 12.2. The number of hydrogen-bond donors (Lipinski definition) is 2. The van der Waals surface area contributed by atoms with Crippen molar-refractivity contribution in [2.24, 2.45) is 0 Å². The maximum absolute atomic E-state index is 13.2. The Balaban J connectivity index is 1.52. The van der Waals surface area contributed by atoms with Gasteiger partial charge in [0, 0.05) is 5.75 Å². The predicted octanol–water partition coefficient (Wildman–Crippen LogP) is 3.64. The first-order valence-electron chi connectivity index (χ1n) is 7.69. The number of imidazole rings is 1. The van der Waals surface area contributed by atoms with Gasteiger partial charge in [0.1, 0.15) is 11.6 Å². The number of fused-ring (bicyclic) bond motifs is 1. The Morgan fingerprint density at radius 1 is 1.29 bits per heavy atom. The van der Waals surface area contributed by atoms with Crippen LogP contribution in [0.25, 0.3) is 11.0 Å². The van der Waals surface area contributed by atoms with Gasteiger partial charge in [0.2, 0.25) is 5.91 Å². The van der Waals surface area contributed by atoms with E-state index in [0.717, 1.165) is 5.75 Å². The number of nitrogens with zero attached hydrogens (tertiary/aromatic N) is 1. The molecule has 124 valence electrons. The number of carbonyl (C=O) groups excluding carboxylic acids is 1. The van der Waals surface area contributed by atoms with E-state index in [0.29, 0.717) is 23.4 Å². The monoisotopic (exact) mass is 343 g/mol. The first kappa shape index (κ1) is 16.5. The van der Waals surface area contributed by atoms with Crippen LogP contribution in [-0.2, 0) is 17.1 Å². The number of rotatable bonds is 6. The summed E-state index contributed by atoms with van der Waals surface area (Å²) in [5, 5.41) is 2.70. The topological polar surface area (TPSA) is 57.8 Å². The van der Waals surface area contributed by atoms with Crippen LogP contribution in [0.15, 0.2) is 48.5 Å². The molecule has 2 aromatic carbocycles. The fourth-order valence-electron chi connectivity index (χ4n) is 2.30. The van der Waals surface area contributed by atoms with Gasteiger partial charge in [0.05, 0.1) is 22.8 Å². The maximum Gasteiger partial charge on any atom is 0.233 e. The number of hydrogen-bond acceptors (Lipinski definition) is 3. The lowest BCUT2D eigenvalue weighted by molar-refractivity contribution is -0.120. The van der Waals surface area contributed by atoms with Crippen molar-refractivity contribution in [3.8, 4) is 0 Å². The number of aromatic amines is 1. The zero-order valence-corrected chi connectivity index (χ0v) is 14.1. The van der Waals surface area contributed by atoms with Crippen LogP contribution in [0.3, 0.4) is 0 Å². The Hall–Kier alpha value is -2.34. The second kappa shape index (κ2) is 7.49. The summed E-state index contributed by atoms with van der Waals surface area (Å²) >= 11 is 1.59. The van der Waals surface area contributed by atoms with Gasteiger partial charge in [-0.2, -0.15) is 0 Å². The average molecular weight is 343 g/mol. The number of nitrogens with one attached hydrogen (secondary N) is 2. The lowest BCUT2D eigenvalue weighted by Crippen LogP contribution is -2.30. The minimum absolute atomic E-state index is 0.0393. The number of carbonyl (C=O) groups is 1. The molecular weight excluding hydrogens is 325 g/mol. The molecule has 1 aromatic heterocycles. The van der Waals surface area contributed by atoms with Gasteiger partial charge in [-0.3, -0.25) is 4.79 Å². The van der Waals surface area contributed by atoms with Gasteiger partial charge < -0.3 is 10.3 Å². The Kier molecular flexibility index (Phi) is 5.15. The third kappa shape index (κ3) is 4.14. The zero-order chi connectivity index (χ0) is 16.9. The van der Waals surface area contributed by atoms with Crippen LogP contribution in [0, 0.1) is 5.82 Å². The van der Waals surface area contributed by atoms with E-state index >= 15 is 0 Å². The first-order chi connectivity index (χ1) is 11.6. The van der Waals surface area contributed by atoms with E-state index in [9.17, 15) is 9.18 Å². The molecule has 1 unspecified atom stereocenters. The fraction of sp³-hybridized carbons (Fsp3) is 0.222. The second-order valence-electron chi connectivity index (χ2n) is 5.50. The van der Waals surface area contributed by atoms with E-state index < -0.39 is 0 Å². The third-order valence-electron chi connectivity index (χ3n) is 3.64. The standard InChI is InChI=1S/C18H18FN3OS/c1-12(24-11-13-5-3-2-4-6-13)18(23)20-10-17-21-15-8-7-14(19)9-16(15)22-17/h2-9,12H,10-11H2,1H3,(H,20,23)(H,21,22). The van der Waals surface area contributed by atoms with E-state index in [-0.39, 0.29) is 17.0 Å². The average Bonchev–Trinajstić information content (AvgIpc) is 3.00. The molecule has 0 saturated carbocycles. The molecule has 0 saturated heterocycles. The van der Waals surface area contributed by atoms with Gasteiger partial charge in [-0.25, -0.2) is 9.37 Å². The van der Waals surface area contributed by atoms with E-state index in [1.165, 1.54) is 17.7 Å². The predicted molar refractivity (Wildman–Crippen MR) is 95.1 cm³/mol. The van der Waals surface area contributed by atoms with Crippen LogP contribution in [0.2, 0.25) is 0 Å². The molecule has 3 rings (SSSR count). The fourth-order valence-corrected chi connectivity index (χ4v) is 3.17. The Bertz CT molecular complexity index is 835. The number of amides is 1. The van der Waals surface area contributed by atoms with Crippen molar-refractivity contribution in [3.63, 3.8) is 0 Å². The number of benzene rings is 2. The van der Waals surface area contributed by atoms with E-state index in [1.54, 1.807) is 17.8 Å². The van der Waals surface area contributed by atoms with Crippen molar-refractivity contribution in [1.29, 1.82) is 0 Å². The molecule has 3 aromatic rings. The van der Waals surface area contributed by atoms with Crippen molar-refractivity contribution >= 4 is 28.7 Å². The van der Waals surface area contributed by atoms with Crippen LogP contribution < -0.4 is 5.32 Å². The van der Waals surface area contributed by atoms with Gasteiger partial charge in [0.25, 0.3) is 0 Å². The van der Waals surface area contributed by atoms with Crippen molar-refractivity contribution in [3.05, 3.63) is 65.7 Å². The first-order valence-corrected chi connectivity index (χ1v) is 8.74. The summed E-state index contributed by atoms with van der Waals surface area (Å²) in [6.07, 6.45) is 0. The van der Waals surface area contributed by atoms with Gasteiger partial charge in [0.15, 0.2) is 0 Å². The molecule has 1 atom stereocenters. The van der Waals surface area contributed by atoms with Gasteiger partial charge in [-0.15, -0.1) is 11.8 Å². The van der Waals surface area contributed by atoms with E-state index in [2.05, 4.69) is 15.3 Å². The molecule has 0 bridgehead atoms. The lowest BCUT2D eigenvalue weighted by Gasteiger charge is -2.11. The highest BCUT2D eigenvalue weighted by Gasteiger charge is 2.14. The van der Waals surface area contributed by atoms with Crippen LogP contribution in [0.1, 0.15) is 18.3 Å². The molecule has 24 heavy (non-hydrogen) atoms. The molecule has 1 amide bonds. The lowest BCUT2D eigenvalue weighted by atomic mass is 10.2. The molecule has 0 radical (unpaired) electrons. The highest BCUT2D eigenvalue weighted by Crippen LogP contribution is 2.18. The van der Waals surface area contributed by atoms with Gasteiger partial charge in [-0.1, -0.05) is 30.3 Å². The van der Waals surface area contributed by atoms with Gasteiger partial charge in [-0.05, 0) is 30.7 Å². The molecular formula is C18H18FN3OS. The zero-order valence-electron chi connectivity index (χ0n) is 13.3. The summed E-state index contributed by atoms with van der Waals surface area (Å²) in [6.45, 7) is 2.18. The van der Waals surface area contributed by atoms with Crippen molar-refractivity contribution in [2.45, 2.75) is 24.5 Å². The number of halogens is 1. The summed E-state index contributed by atoms with van der Waals surface area (Å²) in [4.78, 5) is 19.5. The second-order valence-corrected chi connectivity index (χ2v) is 6.83. The van der Waals surface area contributed by atoms with Crippen LogP contribution in [-0.4, -0.2) is 21.1 Å².